The highest BCUT2D eigenvalue weighted by molar-refractivity contribution is 6.04. The number of benzene rings is 2. The number of aromatic nitrogens is 1. The number of nitrogens with one attached hydrogen (secondary N) is 3. The lowest BCUT2D eigenvalue weighted by Gasteiger charge is -2.12. The molecule has 0 aliphatic carbocycles. The largest absolute Gasteiger partial charge is 0.359 e. The Bertz CT molecular complexity index is 957. The van der Waals surface area contributed by atoms with Crippen molar-refractivity contribution in [1.29, 1.82) is 0 Å². The summed E-state index contributed by atoms with van der Waals surface area (Å²) < 4.78 is 5.24. The number of carbonyl (C=O) groups excluding carboxylic acids is 2. The van der Waals surface area contributed by atoms with E-state index < -0.39 is 6.03 Å². The zero-order valence-corrected chi connectivity index (χ0v) is 15.9. The van der Waals surface area contributed by atoms with Gasteiger partial charge in [0.1, 0.15) is 5.76 Å². The molecule has 28 heavy (non-hydrogen) atoms. The van der Waals surface area contributed by atoms with E-state index in [0.717, 1.165) is 0 Å². The second-order valence-electron chi connectivity index (χ2n) is 7.30. The van der Waals surface area contributed by atoms with E-state index in [1.807, 2.05) is 26.8 Å². The molecule has 7 heteroatoms. The summed E-state index contributed by atoms with van der Waals surface area (Å²) in [5, 5.41) is 12.0. The van der Waals surface area contributed by atoms with Gasteiger partial charge in [-0.3, -0.25) is 10.1 Å². The van der Waals surface area contributed by atoms with Crippen LogP contribution in [0, 0.1) is 0 Å². The summed E-state index contributed by atoms with van der Waals surface area (Å²) in [5.41, 5.74) is 1.59. The highest BCUT2D eigenvalue weighted by Crippen LogP contribution is 2.24. The van der Waals surface area contributed by atoms with Crippen LogP contribution in [-0.4, -0.2) is 17.1 Å². The third-order valence-corrected chi connectivity index (χ3v) is 3.93. The third-order valence-electron chi connectivity index (χ3n) is 3.93. The molecule has 3 aromatic rings. The first-order valence-corrected chi connectivity index (χ1v) is 8.83. The first-order valence-electron chi connectivity index (χ1n) is 8.83. The molecular weight excluding hydrogens is 356 g/mol. The number of hydrogen-bond donors (Lipinski definition) is 3. The maximum Gasteiger partial charge on any atom is 0.324 e. The Labute approximate surface area is 163 Å². The fourth-order valence-corrected chi connectivity index (χ4v) is 2.40. The average Bonchev–Trinajstić information content (AvgIpc) is 3.13. The van der Waals surface area contributed by atoms with Gasteiger partial charge in [-0.05, 0) is 36.4 Å². The van der Waals surface area contributed by atoms with Crippen LogP contribution in [0.1, 0.15) is 36.9 Å². The van der Waals surface area contributed by atoms with E-state index in [9.17, 15) is 9.59 Å². The molecule has 3 rings (SSSR count). The monoisotopic (exact) mass is 378 g/mol. The predicted octanol–water partition coefficient (Wildman–Crippen LogP) is 4.87. The normalized spacial score (nSPS) is 11.0. The Morgan fingerprint density at radius 2 is 1.46 bits per heavy atom. The number of nitrogens with zero attached hydrogens (tertiary/aromatic N) is 1. The highest BCUT2D eigenvalue weighted by Gasteiger charge is 2.20. The Balaban J connectivity index is 1.56. The number of hydrogen-bond acceptors (Lipinski definition) is 4. The summed E-state index contributed by atoms with van der Waals surface area (Å²) in [6.45, 7) is 5.99. The Morgan fingerprint density at radius 3 is 2.04 bits per heavy atom. The quantitative estimate of drug-likeness (QED) is 0.603. The third kappa shape index (κ3) is 4.97. The molecule has 0 unspecified atom stereocenters. The van der Waals surface area contributed by atoms with Gasteiger partial charge in [-0.25, -0.2) is 4.79 Å². The zero-order valence-electron chi connectivity index (χ0n) is 15.9. The molecule has 0 atom stereocenters. The van der Waals surface area contributed by atoms with Crippen molar-refractivity contribution in [1.82, 2.24) is 5.16 Å². The van der Waals surface area contributed by atoms with Gasteiger partial charge < -0.3 is 15.2 Å². The van der Waals surface area contributed by atoms with Crippen molar-refractivity contribution < 1.29 is 14.1 Å². The van der Waals surface area contributed by atoms with E-state index in [4.69, 9.17) is 4.52 Å². The van der Waals surface area contributed by atoms with E-state index in [1.54, 1.807) is 54.6 Å². The number of anilines is 3. The second kappa shape index (κ2) is 7.96. The van der Waals surface area contributed by atoms with Crippen molar-refractivity contribution in [2.45, 2.75) is 26.2 Å². The molecule has 0 aliphatic rings. The van der Waals surface area contributed by atoms with Crippen LogP contribution in [-0.2, 0) is 5.41 Å². The fraction of sp³-hybridized carbons (Fsp3) is 0.190. The van der Waals surface area contributed by atoms with Crippen LogP contribution in [0.5, 0.6) is 0 Å². The number of rotatable bonds is 4. The van der Waals surface area contributed by atoms with Crippen LogP contribution in [0.3, 0.4) is 0 Å². The Kier molecular flexibility index (Phi) is 5.44. The summed E-state index contributed by atoms with van der Waals surface area (Å²) in [7, 11) is 0. The van der Waals surface area contributed by atoms with Crippen LogP contribution in [0.4, 0.5) is 22.0 Å². The average molecular weight is 378 g/mol. The first-order chi connectivity index (χ1) is 13.3. The highest BCUT2D eigenvalue weighted by atomic mass is 16.5. The number of amides is 3. The van der Waals surface area contributed by atoms with E-state index in [-0.39, 0.29) is 11.3 Å². The molecule has 3 amide bonds. The fourth-order valence-electron chi connectivity index (χ4n) is 2.40. The molecule has 7 nitrogen and oxygen atoms in total. The van der Waals surface area contributed by atoms with Gasteiger partial charge in [0.2, 0.25) is 0 Å². The van der Waals surface area contributed by atoms with Crippen LogP contribution in [0.2, 0.25) is 0 Å². The summed E-state index contributed by atoms with van der Waals surface area (Å²) in [5.74, 6) is 0.829. The Hall–Kier alpha value is -3.61. The maximum atomic E-state index is 12.1. The van der Waals surface area contributed by atoms with Gasteiger partial charge in [0.25, 0.3) is 5.91 Å². The van der Waals surface area contributed by atoms with Crippen molar-refractivity contribution in [3.8, 4) is 0 Å². The van der Waals surface area contributed by atoms with E-state index in [1.165, 1.54) is 0 Å². The zero-order chi connectivity index (χ0) is 20.1. The molecule has 1 heterocycles. The smallest absolute Gasteiger partial charge is 0.324 e. The van der Waals surface area contributed by atoms with Gasteiger partial charge in [-0.2, -0.15) is 0 Å². The van der Waals surface area contributed by atoms with E-state index in [0.29, 0.717) is 28.5 Å². The molecule has 0 bridgehead atoms. The van der Waals surface area contributed by atoms with E-state index >= 15 is 0 Å². The molecule has 0 saturated heterocycles. The molecular formula is C21H22N4O3. The number of carbonyl (C=O) groups is 2. The van der Waals surface area contributed by atoms with Crippen molar-refractivity contribution in [2.75, 3.05) is 16.0 Å². The Morgan fingerprint density at radius 1 is 0.857 bits per heavy atom. The molecule has 3 N–H and O–H groups in total. The minimum absolute atomic E-state index is 0.191. The molecule has 0 spiro atoms. The predicted molar refractivity (Wildman–Crippen MR) is 109 cm³/mol. The van der Waals surface area contributed by atoms with Gasteiger partial charge in [-0.1, -0.05) is 44.1 Å². The summed E-state index contributed by atoms with van der Waals surface area (Å²) in [6.07, 6.45) is 0. The number of urea groups is 1. The minimum Gasteiger partial charge on any atom is -0.359 e. The van der Waals surface area contributed by atoms with E-state index in [2.05, 4.69) is 21.1 Å². The van der Waals surface area contributed by atoms with Gasteiger partial charge in [-0.15, -0.1) is 0 Å². The SMILES string of the molecule is CC(C)(C)c1cc(NC(=O)Nc2ccc(NC(=O)c3ccccc3)cc2)no1. The van der Waals surface area contributed by atoms with Crippen LogP contribution < -0.4 is 16.0 Å². The van der Waals surface area contributed by atoms with Gasteiger partial charge >= 0.3 is 6.03 Å². The standard InChI is InChI=1S/C21H22N4O3/c1-21(2,3)17-13-18(25-28-17)24-20(27)23-16-11-9-15(10-12-16)22-19(26)14-7-5-4-6-8-14/h4-13H,1-3H3,(H,22,26)(H2,23,24,25,27). The molecule has 1 aromatic heterocycles. The first kappa shape index (κ1) is 19.2. The lowest BCUT2D eigenvalue weighted by atomic mass is 9.93. The van der Waals surface area contributed by atoms with Gasteiger partial charge in [0.15, 0.2) is 5.82 Å². The molecule has 0 aliphatic heterocycles. The minimum atomic E-state index is -0.435. The maximum absolute atomic E-state index is 12.1. The lowest BCUT2D eigenvalue weighted by molar-refractivity contribution is 0.102. The van der Waals surface area contributed by atoms with Crippen molar-refractivity contribution >= 4 is 29.1 Å². The summed E-state index contributed by atoms with van der Waals surface area (Å²) in [6, 6.07) is 17.0. The summed E-state index contributed by atoms with van der Waals surface area (Å²) in [4.78, 5) is 24.3. The van der Waals surface area contributed by atoms with Gasteiger partial charge in [0, 0.05) is 28.4 Å². The topological polar surface area (TPSA) is 96.3 Å². The van der Waals surface area contributed by atoms with Crippen LogP contribution in [0.25, 0.3) is 0 Å². The lowest BCUT2D eigenvalue weighted by Crippen LogP contribution is -2.19. The van der Waals surface area contributed by atoms with Gasteiger partial charge in [0.05, 0.1) is 0 Å². The molecule has 0 fully saturated rings. The summed E-state index contributed by atoms with van der Waals surface area (Å²) >= 11 is 0. The molecule has 144 valence electrons. The van der Waals surface area contributed by atoms with Crippen molar-refractivity contribution in [3.63, 3.8) is 0 Å². The van der Waals surface area contributed by atoms with Crippen LogP contribution >= 0.6 is 0 Å². The second-order valence-corrected chi connectivity index (χ2v) is 7.30. The van der Waals surface area contributed by atoms with Crippen molar-refractivity contribution in [3.05, 3.63) is 72.0 Å². The van der Waals surface area contributed by atoms with Crippen molar-refractivity contribution in [2.24, 2.45) is 0 Å². The molecule has 2 aromatic carbocycles. The van der Waals surface area contributed by atoms with Crippen LogP contribution in [0.15, 0.2) is 65.2 Å². The molecule has 0 saturated carbocycles. The molecule has 0 radical (unpaired) electrons.